The summed E-state index contributed by atoms with van der Waals surface area (Å²) in [5.74, 6) is -0.823. The molecule has 5 nitrogen and oxygen atoms in total. The Morgan fingerprint density at radius 1 is 1.38 bits per heavy atom. The Labute approximate surface area is 135 Å². The molecule has 1 aliphatic heterocycles. The maximum Gasteiger partial charge on any atom is 0.315 e. The zero-order valence-corrected chi connectivity index (χ0v) is 13.8. The summed E-state index contributed by atoms with van der Waals surface area (Å²) in [6.07, 6.45) is 0.110. The summed E-state index contributed by atoms with van der Waals surface area (Å²) in [5, 5.41) is -0.523. The van der Waals surface area contributed by atoms with Crippen LogP contribution in [0.25, 0.3) is 0 Å². The van der Waals surface area contributed by atoms with Crippen LogP contribution in [0.2, 0.25) is 0 Å². The van der Waals surface area contributed by atoms with Crippen LogP contribution in [0.4, 0.5) is 5.69 Å². The van der Waals surface area contributed by atoms with Crippen molar-refractivity contribution >= 4 is 51.2 Å². The molecule has 1 fully saturated rings. The number of ether oxygens (including phenoxy) is 1. The minimum atomic E-state index is -0.523. The number of nitrogens with zero attached hydrogens (tertiary/aromatic N) is 1. The summed E-state index contributed by atoms with van der Waals surface area (Å²) in [7, 11) is 0. The van der Waals surface area contributed by atoms with Gasteiger partial charge < -0.3 is 4.74 Å². The van der Waals surface area contributed by atoms with Crippen molar-refractivity contribution < 1.29 is 19.1 Å². The summed E-state index contributed by atoms with van der Waals surface area (Å²) in [6.45, 7) is 2.03. The van der Waals surface area contributed by atoms with Crippen LogP contribution in [-0.2, 0) is 19.1 Å². The largest absolute Gasteiger partial charge is 0.465 e. The van der Waals surface area contributed by atoms with Crippen LogP contribution in [0.5, 0.6) is 0 Å². The van der Waals surface area contributed by atoms with Crippen LogP contribution in [0.3, 0.4) is 0 Å². The Morgan fingerprint density at radius 3 is 2.67 bits per heavy atom. The predicted molar refractivity (Wildman–Crippen MR) is 84.1 cm³/mol. The number of thioether (sulfide) groups is 1. The number of anilines is 1. The van der Waals surface area contributed by atoms with Crippen molar-refractivity contribution in [3.05, 3.63) is 28.7 Å². The molecule has 0 bridgehead atoms. The van der Waals surface area contributed by atoms with Crippen molar-refractivity contribution in [3.8, 4) is 0 Å². The molecule has 0 saturated carbocycles. The number of esters is 1. The second kappa shape index (κ2) is 7.09. The third-order valence-corrected chi connectivity index (χ3v) is 4.60. The Balaban J connectivity index is 2.03. The van der Waals surface area contributed by atoms with E-state index in [1.54, 1.807) is 31.2 Å². The highest BCUT2D eigenvalue weighted by Crippen LogP contribution is 2.30. The lowest BCUT2D eigenvalue weighted by atomic mass is 10.3. The average Bonchev–Trinajstić information content (AvgIpc) is 2.73. The van der Waals surface area contributed by atoms with Gasteiger partial charge in [0.15, 0.2) is 0 Å². The van der Waals surface area contributed by atoms with Gasteiger partial charge >= 0.3 is 5.97 Å². The van der Waals surface area contributed by atoms with E-state index in [1.165, 1.54) is 4.90 Å². The molecular weight excluding hydrogens is 358 g/mol. The summed E-state index contributed by atoms with van der Waals surface area (Å²) in [5.41, 5.74) is 0.549. The molecule has 0 N–H and O–H groups in total. The molecule has 0 unspecified atom stereocenters. The van der Waals surface area contributed by atoms with Crippen LogP contribution in [0, 0.1) is 0 Å². The van der Waals surface area contributed by atoms with Crippen molar-refractivity contribution in [2.24, 2.45) is 0 Å². The van der Waals surface area contributed by atoms with E-state index < -0.39 is 5.25 Å². The van der Waals surface area contributed by atoms with Gasteiger partial charge in [-0.25, -0.2) is 4.90 Å². The first kappa shape index (κ1) is 16.0. The van der Waals surface area contributed by atoms with E-state index in [0.29, 0.717) is 12.3 Å². The molecule has 2 rings (SSSR count). The molecule has 7 heteroatoms. The number of hydrogen-bond acceptors (Lipinski definition) is 5. The number of halogens is 1. The van der Waals surface area contributed by atoms with E-state index in [9.17, 15) is 14.4 Å². The Kier molecular flexibility index (Phi) is 5.41. The molecule has 112 valence electrons. The third-order valence-electron chi connectivity index (χ3n) is 2.90. The molecule has 0 spiro atoms. The van der Waals surface area contributed by atoms with E-state index in [-0.39, 0.29) is 30.0 Å². The van der Waals surface area contributed by atoms with E-state index in [0.717, 1.165) is 16.2 Å². The van der Waals surface area contributed by atoms with Gasteiger partial charge in [-0.2, -0.15) is 0 Å². The van der Waals surface area contributed by atoms with Gasteiger partial charge in [-0.1, -0.05) is 15.9 Å². The molecule has 2 amide bonds. The van der Waals surface area contributed by atoms with Gasteiger partial charge in [0.25, 0.3) is 0 Å². The van der Waals surface area contributed by atoms with Crippen LogP contribution in [0.1, 0.15) is 13.3 Å². The number of rotatable bonds is 5. The zero-order chi connectivity index (χ0) is 15.4. The monoisotopic (exact) mass is 371 g/mol. The Morgan fingerprint density at radius 2 is 2.05 bits per heavy atom. The standard InChI is InChI=1S/C14H14BrNO4S/c1-2-20-13(18)8-21-11-7-12(17)16(14(11)19)10-5-3-9(15)4-6-10/h3-6,11H,2,7-8H2,1H3/t11-/m0/s1. The van der Waals surface area contributed by atoms with E-state index >= 15 is 0 Å². The second-order valence-electron chi connectivity index (χ2n) is 4.35. The number of imide groups is 1. The highest BCUT2D eigenvalue weighted by atomic mass is 79.9. The number of carbonyl (C=O) groups is 3. The highest BCUT2D eigenvalue weighted by molar-refractivity contribution is 9.10. The Bertz CT molecular complexity index is 561. The summed E-state index contributed by atoms with van der Waals surface area (Å²) in [4.78, 5) is 36.8. The molecule has 1 atom stereocenters. The number of hydrogen-bond donors (Lipinski definition) is 0. The van der Waals surface area contributed by atoms with Crippen LogP contribution in [0.15, 0.2) is 28.7 Å². The Hall–Kier alpha value is -1.34. The molecule has 1 heterocycles. The topological polar surface area (TPSA) is 63.7 Å². The molecule has 1 aromatic rings. The van der Waals surface area contributed by atoms with Gasteiger partial charge in [0.2, 0.25) is 11.8 Å². The maximum atomic E-state index is 12.3. The van der Waals surface area contributed by atoms with Crippen molar-refractivity contribution in [2.45, 2.75) is 18.6 Å². The van der Waals surface area contributed by atoms with Gasteiger partial charge in [-0.15, -0.1) is 11.8 Å². The molecule has 1 aliphatic rings. The first-order valence-corrected chi connectivity index (χ1v) is 8.26. The van der Waals surface area contributed by atoms with Crippen molar-refractivity contribution in [2.75, 3.05) is 17.3 Å². The molecule has 0 aliphatic carbocycles. The molecule has 21 heavy (non-hydrogen) atoms. The molecule has 1 saturated heterocycles. The molecule has 0 radical (unpaired) electrons. The molecule has 1 aromatic carbocycles. The first-order chi connectivity index (χ1) is 10.0. The lowest BCUT2D eigenvalue weighted by Crippen LogP contribution is -2.31. The van der Waals surface area contributed by atoms with Crippen LogP contribution < -0.4 is 4.90 Å². The molecule has 0 aromatic heterocycles. The summed E-state index contributed by atoms with van der Waals surface area (Å²) >= 11 is 4.46. The minimum Gasteiger partial charge on any atom is -0.465 e. The van der Waals surface area contributed by atoms with Crippen LogP contribution >= 0.6 is 27.7 Å². The summed E-state index contributed by atoms with van der Waals surface area (Å²) in [6, 6.07) is 6.96. The number of carbonyl (C=O) groups excluding carboxylic acids is 3. The van der Waals surface area contributed by atoms with Crippen molar-refractivity contribution in [1.29, 1.82) is 0 Å². The zero-order valence-electron chi connectivity index (χ0n) is 11.4. The van der Waals surface area contributed by atoms with Gasteiger partial charge in [0.1, 0.15) is 0 Å². The van der Waals surface area contributed by atoms with Crippen LogP contribution in [-0.4, -0.2) is 35.4 Å². The highest BCUT2D eigenvalue weighted by Gasteiger charge is 2.40. The van der Waals surface area contributed by atoms with Gasteiger partial charge in [0, 0.05) is 10.9 Å². The second-order valence-corrected chi connectivity index (χ2v) is 6.46. The van der Waals surface area contributed by atoms with E-state index in [2.05, 4.69) is 15.9 Å². The quantitative estimate of drug-likeness (QED) is 0.587. The lowest BCUT2D eigenvalue weighted by Gasteiger charge is -2.14. The van der Waals surface area contributed by atoms with Gasteiger partial charge in [0.05, 0.1) is 23.3 Å². The maximum absolute atomic E-state index is 12.3. The average molecular weight is 372 g/mol. The minimum absolute atomic E-state index is 0.0751. The van der Waals surface area contributed by atoms with Crippen molar-refractivity contribution in [3.63, 3.8) is 0 Å². The summed E-state index contributed by atoms with van der Waals surface area (Å²) < 4.78 is 5.69. The van der Waals surface area contributed by atoms with Gasteiger partial charge in [-0.05, 0) is 31.2 Å². The number of amides is 2. The first-order valence-electron chi connectivity index (χ1n) is 6.42. The van der Waals surface area contributed by atoms with E-state index in [4.69, 9.17) is 4.74 Å². The third kappa shape index (κ3) is 3.85. The van der Waals surface area contributed by atoms with Gasteiger partial charge in [-0.3, -0.25) is 14.4 Å². The number of benzene rings is 1. The van der Waals surface area contributed by atoms with Crippen molar-refractivity contribution in [1.82, 2.24) is 0 Å². The smallest absolute Gasteiger partial charge is 0.315 e. The predicted octanol–water partition coefficient (Wildman–Crippen LogP) is 2.38. The fraction of sp³-hybridized carbons (Fsp3) is 0.357. The lowest BCUT2D eigenvalue weighted by molar-refractivity contribution is -0.139. The van der Waals surface area contributed by atoms with E-state index in [1.807, 2.05) is 0 Å². The molecular formula is C14H14BrNO4S. The SMILES string of the molecule is CCOC(=O)CS[C@H]1CC(=O)N(c2ccc(Br)cc2)C1=O. The normalized spacial score (nSPS) is 18.2. The fourth-order valence-electron chi connectivity index (χ4n) is 1.97. The fourth-order valence-corrected chi connectivity index (χ4v) is 3.16.